The Labute approximate surface area is 154 Å². The molecule has 2 aromatic carbocycles. The van der Waals surface area contributed by atoms with Gasteiger partial charge in [-0.15, -0.1) is 0 Å². The fourth-order valence-corrected chi connectivity index (χ4v) is 4.20. The summed E-state index contributed by atoms with van der Waals surface area (Å²) in [6, 6.07) is 14.9. The first-order valence-electron chi connectivity index (χ1n) is 8.35. The van der Waals surface area contributed by atoms with Crippen LogP contribution in [0.15, 0.2) is 57.9 Å². The maximum Gasteiger partial charge on any atom is 0.243 e. The first-order valence-corrected chi connectivity index (χ1v) is 9.79. The quantitative estimate of drug-likeness (QED) is 0.679. The Kier molecular flexibility index (Phi) is 4.98. The molecule has 5 nitrogen and oxygen atoms in total. The first kappa shape index (κ1) is 18.4. The van der Waals surface area contributed by atoms with Gasteiger partial charge in [0.05, 0.1) is 10.6 Å². The van der Waals surface area contributed by atoms with Crippen LogP contribution in [-0.2, 0) is 16.6 Å². The zero-order valence-electron chi connectivity index (χ0n) is 15.4. The summed E-state index contributed by atoms with van der Waals surface area (Å²) in [6.45, 7) is 5.89. The molecule has 3 rings (SSSR count). The molecule has 136 valence electrons. The number of hydrogen-bond acceptors (Lipinski definition) is 4. The molecule has 3 aromatic rings. The average molecular weight is 370 g/mol. The van der Waals surface area contributed by atoms with Crippen molar-refractivity contribution in [1.29, 1.82) is 0 Å². The van der Waals surface area contributed by atoms with Crippen LogP contribution in [-0.4, -0.2) is 24.9 Å². The van der Waals surface area contributed by atoms with Gasteiger partial charge in [-0.3, -0.25) is 0 Å². The van der Waals surface area contributed by atoms with Crippen LogP contribution in [0, 0.1) is 20.8 Å². The number of aromatic nitrogens is 1. The predicted octanol–water partition coefficient (Wildman–Crippen LogP) is 4.09. The molecule has 1 heterocycles. The smallest absolute Gasteiger partial charge is 0.243 e. The maximum absolute atomic E-state index is 13.1. The van der Waals surface area contributed by atoms with E-state index < -0.39 is 10.0 Å². The molecule has 0 radical (unpaired) electrons. The van der Waals surface area contributed by atoms with E-state index in [1.54, 1.807) is 26.1 Å². The third kappa shape index (κ3) is 3.43. The number of rotatable bonds is 5. The third-order valence-corrected chi connectivity index (χ3v) is 6.49. The van der Waals surface area contributed by atoms with Crippen molar-refractivity contribution in [3.05, 3.63) is 70.9 Å². The molecule has 0 aliphatic rings. The molecule has 0 atom stereocenters. The highest BCUT2D eigenvalue weighted by molar-refractivity contribution is 7.89. The lowest BCUT2D eigenvalue weighted by molar-refractivity contribution is 0.426. The summed E-state index contributed by atoms with van der Waals surface area (Å²) >= 11 is 0. The standard InChI is InChI=1S/C20H22N2O3S/c1-14-10-11-18(20-15(2)16(3)21-25-20)12-19(14)26(23,24)22(4)13-17-8-6-5-7-9-17/h5-12H,13H2,1-4H3. The second kappa shape index (κ2) is 7.05. The molecule has 0 N–H and O–H groups in total. The van der Waals surface area contributed by atoms with Crippen molar-refractivity contribution in [2.45, 2.75) is 32.2 Å². The van der Waals surface area contributed by atoms with Crippen molar-refractivity contribution < 1.29 is 12.9 Å². The van der Waals surface area contributed by atoms with E-state index in [9.17, 15) is 8.42 Å². The number of nitrogens with zero attached hydrogens (tertiary/aromatic N) is 2. The normalized spacial score (nSPS) is 11.9. The fraction of sp³-hybridized carbons (Fsp3) is 0.250. The Morgan fingerprint density at radius 1 is 1.04 bits per heavy atom. The van der Waals surface area contributed by atoms with Crippen molar-refractivity contribution in [2.75, 3.05) is 7.05 Å². The molecule has 0 aliphatic heterocycles. The van der Waals surface area contributed by atoms with Crippen molar-refractivity contribution in [1.82, 2.24) is 9.46 Å². The predicted molar refractivity (Wildman–Crippen MR) is 101 cm³/mol. The summed E-state index contributed by atoms with van der Waals surface area (Å²) < 4.78 is 33.0. The van der Waals surface area contributed by atoms with Gasteiger partial charge < -0.3 is 4.52 Å². The highest BCUT2D eigenvalue weighted by atomic mass is 32.2. The van der Waals surface area contributed by atoms with Gasteiger partial charge in [-0.05, 0) is 38.0 Å². The molecule has 0 aliphatic carbocycles. The molecule has 0 bridgehead atoms. The molecule has 6 heteroatoms. The van der Waals surface area contributed by atoms with E-state index in [0.717, 1.165) is 16.8 Å². The molecule has 26 heavy (non-hydrogen) atoms. The number of hydrogen-bond donors (Lipinski definition) is 0. The van der Waals surface area contributed by atoms with Crippen LogP contribution in [0.3, 0.4) is 0 Å². The van der Waals surface area contributed by atoms with Crippen LogP contribution in [0.5, 0.6) is 0 Å². The summed E-state index contributed by atoms with van der Waals surface area (Å²) in [5, 5.41) is 3.96. The van der Waals surface area contributed by atoms with E-state index in [0.29, 0.717) is 23.4 Å². The third-order valence-electron chi connectivity index (χ3n) is 4.54. The Balaban J connectivity index is 1.99. The van der Waals surface area contributed by atoms with Gasteiger partial charge in [0.2, 0.25) is 10.0 Å². The topological polar surface area (TPSA) is 63.4 Å². The summed E-state index contributed by atoms with van der Waals surface area (Å²) in [5.74, 6) is 0.602. The van der Waals surface area contributed by atoms with Gasteiger partial charge in [-0.1, -0.05) is 47.6 Å². The van der Waals surface area contributed by atoms with Crippen molar-refractivity contribution in [2.24, 2.45) is 0 Å². The lowest BCUT2D eigenvalue weighted by Gasteiger charge is -2.19. The van der Waals surface area contributed by atoms with Gasteiger partial charge in [0.1, 0.15) is 0 Å². The fourth-order valence-electron chi connectivity index (χ4n) is 2.80. The monoisotopic (exact) mass is 370 g/mol. The van der Waals surface area contributed by atoms with Crippen LogP contribution in [0.25, 0.3) is 11.3 Å². The molecule has 0 unspecified atom stereocenters. The van der Waals surface area contributed by atoms with Crippen LogP contribution in [0.2, 0.25) is 0 Å². The zero-order chi connectivity index (χ0) is 18.9. The molecule has 0 spiro atoms. The Bertz CT molecular complexity index is 1020. The van der Waals surface area contributed by atoms with Gasteiger partial charge in [-0.25, -0.2) is 8.42 Å². The Morgan fingerprint density at radius 3 is 2.35 bits per heavy atom. The van der Waals surface area contributed by atoms with E-state index in [1.165, 1.54) is 4.31 Å². The van der Waals surface area contributed by atoms with Crippen LogP contribution in [0.1, 0.15) is 22.4 Å². The Hall–Kier alpha value is -2.44. The lowest BCUT2D eigenvalue weighted by Crippen LogP contribution is -2.27. The number of benzene rings is 2. The number of aryl methyl sites for hydroxylation is 2. The molecular formula is C20H22N2O3S. The highest BCUT2D eigenvalue weighted by Crippen LogP contribution is 2.30. The highest BCUT2D eigenvalue weighted by Gasteiger charge is 2.24. The minimum absolute atomic E-state index is 0.280. The molecular weight excluding hydrogens is 348 g/mol. The van der Waals surface area contributed by atoms with E-state index in [2.05, 4.69) is 5.16 Å². The number of sulfonamides is 1. The molecule has 1 aromatic heterocycles. The van der Waals surface area contributed by atoms with Crippen molar-refractivity contribution >= 4 is 10.0 Å². The van der Waals surface area contributed by atoms with Crippen LogP contribution in [0.4, 0.5) is 0 Å². The second-order valence-corrected chi connectivity index (χ2v) is 8.46. The van der Waals surface area contributed by atoms with Gasteiger partial charge in [0, 0.05) is 24.7 Å². The van der Waals surface area contributed by atoms with Gasteiger partial charge in [0.15, 0.2) is 5.76 Å². The summed E-state index contributed by atoms with van der Waals surface area (Å²) in [4.78, 5) is 0.280. The zero-order valence-corrected chi connectivity index (χ0v) is 16.2. The summed E-state index contributed by atoms with van der Waals surface area (Å²) in [6.07, 6.45) is 0. The van der Waals surface area contributed by atoms with Crippen LogP contribution < -0.4 is 0 Å². The Morgan fingerprint density at radius 2 is 1.73 bits per heavy atom. The summed E-state index contributed by atoms with van der Waals surface area (Å²) in [5.41, 5.74) is 4.05. The lowest BCUT2D eigenvalue weighted by atomic mass is 10.1. The average Bonchev–Trinajstić information content (AvgIpc) is 2.95. The first-order chi connectivity index (χ1) is 12.3. The molecule has 0 amide bonds. The van der Waals surface area contributed by atoms with Gasteiger partial charge >= 0.3 is 0 Å². The summed E-state index contributed by atoms with van der Waals surface area (Å²) in [7, 11) is -2.04. The van der Waals surface area contributed by atoms with Crippen molar-refractivity contribution in [3.63, 3.8) is 0 Å². The minimum atomic E-state index is -3.63. The van der Waals surface area contributed by atoms with E-state index >= 15 is 0 Å². The minimum Gasteiger partial charge on any atom is -0.356 e. The largest absolute Gasteiger partial charge is 0.356 e. The van der Waals surface area contributed by atoms with Crippen LogP contribution >= 0.6 is 0 Å². The molecule has 0 saturated carbocycles. The van der Waals surface area contributed by atoms with Gasteiger partial charge in [-0.2, -0.15) is 4.31 Å². The van der Waals surface area contributed by atoms with Gasteiger partial charge in [0.25, 0.3) is 0 Å². The molecule has 0 saturated heterocycles. The van der Waals surface area contributed by atoms with E-state index in [4.69, 9.17) is 4.52 Å². The second-order valence-electron chi connectivity index (χ2n) is 6.45. The van der Waals surface area contributed by atoms with Crippen molar-refractivity contribution in [3.8, 4) is 11.3 Å². The van der Waals surface area contributed by atoms with E-state index in [-0.39, 0.29) is 4.90 Å². The maximum atomic E-state index is 13.1. The van der Waals surface area contributed by atoms with E-state index in [1.807, 2.05) is 50.2 Å². The SMILES string of the molecule is Cc1ccc(-c2onc(C)c2C)cc1S(=O)(=O)N(C)Cc1ccccc1. The molecule has 0 fully saturated rings.